The average molecular weight is 525 g/mol. The van der Waals surface area contributed by atoms with Gasteiger partial charge in [0, 0.05) is 31.8 Å². The SMILES string of the molecule is CC(=O)OC1=CC2=CC[C@@H]3[C@H](CC[C@@]4(C)[C@H]3CC[C@@]4(C)OC(C)=O)[C@@]2(C)C/C1=C(/OC(C)=O)C(F)(F)F. The number of halogens is 3. The number of allylic oxidation sites excluding steroid dienone is 5. The number of hydrogen-bond acceptors (Lipinski definition) is 6. The Morgan fingerprint density at radius 1 is 0.946 bits per heavy atom. The minimum atomic E-state index is -4.95. The molecule has 204 valence electrons. The minimum Gasteiger partial charge on any atom is -0.459 e. The van der Waals surface area contributed by atoms with E-state index in [4.69, 9.17) is 14.2 Å². The van der Waals surface area contributed by atoms with Gasteiger partial charge in [-0.05, 0) is 80.3 Å². The Balaban J connectivity index is 1.79. The molecule has 2 fully saturated rings. The van der Waals surface area contributed by atoms with E-state index in [0.717, 1.165) is 51.5 Å². The molecule has 0 amide bonds. The highest BCUT2D eigenvalue weighted by Crippen LogP contribution is 2.68. The van der Waals surface area contributed by atoms with E-state index in [1.165, 1.54) is 13.0 Å². The van der Waals surface area contributed by atoms with Gasteiger partial charge in [-0.15, -0.1) is 0 Å². The Morgan fingerprint density at radius 2 is 1.59 bits per heavy atom. The molecule has 0 saturated heterocycles. The number of ether oxygens (including phenoxy) is 3. The molecule has 0 spiro atoms. The van der Waals surface area contributed by atoms with E-state index in [1.807, 2.05) is 19.9 Å². The second-order valence-corrected chi connectivity index (χ2v) is 11.7. The van der Waals surface area contributed by atoms with Crippen LogP contribution < -0.4 is 0 Å². The van der Waals surface area contributed by atoms with Crippen molar-refractivity contribution in [2.45, 2.75) is 91.8 Å². The lowest BCUT2D eigenvalue weighted by atomic mass is 9.47. The molecule has 37 heavy (non-hydrogen) atoms. The zero-order valence-corrected chi connectivity index (χ0v) is 22.2. The normalized spacial score (nSPS) is 38.2. The van der Waals surface area contributed by atoms with Gasteiger partial charge in [0.15, 0.2) is 0 Å². The van der Waals surface area contributed by atoms with Crippen LogP contribution in [0.25, 0.3) is 0 Å². The lowest BCUT2D eigenvalue weighted by Crippen LogP contribution is -2.54. The molecule has 6 nitrogen and oxygen atoms in total. The summed E-state index contributed by atoms with van der Waals surface area (Å²) in [4.78, 5) is 35.3. The summed E-state index contributed by atoms with van der Waals surface area (Å²) in [7, 11) is 0. The maximum absolute atomic E-state index is 14.1. The number of carbonyl (C=O) groups excluding carboxylic acids is 3. The monoisotopic (exact) mass is 524 g/mol. The van der Waals surface area contributed by atoms with Crippen LogP contribution in [0.3, 0.4) is 0 Å². The number of hydrogen-bond donors (Lipinski definition) is 0. The Kier molecular flexibility index (Phi) is 6.69. The Hall–Kier alpha value is -2.58. The standard InChI is InChI=1S/C28H35F3O6/c1-15(32)35-23-13-18-7-8-19-21(9-11-26(5)22(19)10-12-27(26,6)37-17(3)34)25(18,4)14-20(23)24(28(29,30)31)36-16(2)33/h7,13,19,21-22H,8-12,14H2,1-6H3/b24-20-/t19-,21+,22+,25+,26+,27-/m1/s1. The topological polar surface area (TPSA) is 78.9 Å². The number of carbonyl (C=O) groups is 3. The van der Waals surface area contributed by atoms with Crippen molar-refractivity contribution in [2.24, 2.45) is 28.6 Å². The molecule has 4 aliphatic carbocycles. The summed E-state index contributed by atoms with van der Waals surface area (Å²) in [5.74, 6) is -3.33. The molecular formula is C28H35F3O6. The molecule has 0 unspecified atom stereocenters. The molecule has 0 aromatic heterocycles. The van der Waals surface area contributed by atoms with Crippen LogP contribution in [0, 0.1) is 28.6 Å². The summed E-state index contributed by atoms with van der Waals surface area (Å²) in [5, 5.41) is 0. The quantitative estimate of drug-likeness (QED) is 0.244. The third-order valence-corrected chi connectivity index (χ3v) is 9.58. The molecule has 0 radical (unpaired) electrons. The van der Waals surface area contributed by atoms with Crippen LogP contribution in [-0.4, -0.2) is 29.7 Å². The number of alkyl halides is 3. The lowest BCUT2D eigenvalue weighted by Gasteiger charge is -2.58. The molecule has 0 N–H and O–H groups in total. The molecule has 4 aliphatic rings. The first-order valence-corrected chi connectivity index (χ1v) is 12.8. The molecule has 4 rings (SSSR count). The fourth-order valence-electron chi connectivity index (χ4n) is 7.84. The zero-order chi connectivity index (χ0) is 27.6. The smallest absolute Gasteiger partial charge is 0.450 e. The second kappa shape index (κ2) is 9.02. The zero-order valence-electron chi connectivity index (χ0n) is 22.2. The maximum Gasteiger partial charge on any atom is 0.450 e. The van der Waals surface area contributed by atoms with Crippen molar-refractivity contribution in [2.75, 3.05) is 0 Å². The van der Waals surface area contributed by atoms with Gasteiger partial charge in [0.1, 0.15) is 11.4 Å². The first-order chi connectivity index (χ1) is 17.0. The van der Waals surface area contributed by atoms with Crippen molar-refractivity contribution in [3.05, 3.63) is 34.8 Å². The van der Waals surface area contributed by atoms with Gasteiger partial charge < -0.3 is 14.2 Å². The highest BCUT2D eigenvalue weighted by molar-refractivity contribution is 5.70. The van der Waals surface area contributed by atoms with Gasteiger partial charge >= 0.3 is 24.1 Å². The second-order valence-electron chi connectivity index (χ2n) is 11.7. The first-order valence-electron chi connectivity index (χ1n) is 12.8. The van der Waals surface area contributed by atoms with Crippen molar-refractivity contribution in [3.63, 3.8) is 0 Å². The van der Waals surface area contributed by atoms with E-state index in [0.29, 0.717) is 0 Å². The molecule has 0 heterocycles. The summed E-state index contributed by atoms with van der Waals surface area (Å²) in [6, 6.07) is 0. The van der Waals surface area contributed by atoms with Gasteiger partial charge in [-0.2, -0.15) is 13.2 Å². The van der Waals surface area contributed by atoms with Crippen LogP contribution in [-0.2, 0) is 28.6 Å². The summed E-state index contributed by atoms with van der Waals surface area (Å²) < 4.78 is 58.1. The molecule has 6 atom stereocenters. The van der Waals surface area contributed by atoms with Crippen molar-refractivity contribution >= 4 is 17.9 Å². The molecule has 9 heteroatoms. The van der Waals surface area contributed by atoms with E-state index in [9.17, 15) is 27.6 Å². The summed E-state index contributed by atoms with van der Waals surface area (Å²) in [5.41, 5.74) is -0.980. The van der Waals surface area contributed by atoms with E-state index in [2.05, 4.69) is 6.92 Å². The number of esters is 3. The van der Waals surface area contributed by atoms with Gasteiger partial charge in [-0.3, -0.25) is 14.4 Å². The number of rotatable bonds is 3. The highest BCUT2D eigenvalue weighted by Gasteiger charge is 2.64. The predicted octanol–water partition coefficient (Wildman–Crippen LogP) is 6.32. The molecular weight excluding hydrogens is 489 g/mol. The highest BCUT2D eigenvalue weighted by atomic mass is 19.4. The summed E-state index contributed by atoms with van der Waals surface area (Å²) in [6.07, 6.45) is 2.42. The van der Waals surface area contributed by atoms with Gasteiger partial charge in [-0.1, -0.05) is 19.9 Å². The molecule has 0 aromatic rings. The predicted molar refractivity (Wildman–Crippen MR) is 127 cm³/mol. The van der Waals surface area contributed by atoms with Crippen molar-refractivity contribution < 1.29 is 41.8 Å². The third-order valence-electron chi connectivity index (χ3n) is 9.58. The van der Waals surface area contributed by atoms with Gasteiger partial charge in [0.2, 0.25) is 5.76 Å². The third kappa shape index (κ3) is 4.52. The molecule has 0 aliphatic heterocycles. The Labute approximate surface area is 215 Å². The van der Waals surface area contributed by atoms with E-state index in [1.54, 1.807) is 0 Å². The van der Waals surface area contributed by atoms with Crippen molar-refractivity contribution in [1.82, 2.24) is 0 Å². The molecule has 0 bridgehead atoms. The van der Waals surface area contributed by atoms with Gasteiger partial charge in [-0.25, -0.2) is 0 Å². The Morgan fingerprint density at radius 3 is 2.16 bits per heavy atom. The fourth-order valence-corrected chi connectivity index (χ4v) is 7.84. The lowest BCUT2D eigenvalue weighted by molar-refractivity contribution is -0.176. The van der Waals surface area contributed by atoms with Crippen LogP contribution in [0.4, 0.5) is 13.2 Å². The van der Waals surface area contributed by atoms with Crippen molar-refractivity contribution in [1.29, 1.82) is 0 Å². The minimum absolute atomic E-state index is 0.0576. The van der Waals surface area contributed by atoms with Crippen LogP contribution in [0.5, 0.6) is 0 Å². The molecule has 2 saturated carbocycles. The Bertz CT molecular complexity index is 1120. The van der Waals surface area contributed by atoms with Gasteiger partial charge in [0.05, 0.1) is 0 Å². The largest absolute Gasteiger partial charge is 0.459 e. The van der Waals surface area contributed by atoms with Gasteiger partial charge in [0.25, 0.3) is 0 Å². The fraction of sp³-hybridized carbons (Fsp3) is 0.679. The number of fused-ring (bicyclic) bond motifs is 5. The van der Waals surface area contributed by atoms with Crippen LogP contribution in [0.2, 0.25) is 0 Å². The maximum atomic E-state index is 14.1. The summed E-state index contributed by atoms with van der Waals surface area (Å²) in [6.45, 7) is 9.61. The van der Waals surface area contributed by atoms with E-state index < -0.39 is 34.9 Å². The van der Waals surface area contributed by atoms with Crippen LogP contribution >= 0.6 is 0 Å². The first kappa shape index (κ1) is 27.5. The van der Waals surface area contributed by atoms with Crippen LogP contribution in [0.1, 0.15) is 80.1 Å². The summed E-state index contributed by atoms with van der Waals surface area (Å²) >= 11 is 0. The van der Waals surface area contributed by atoms with Crippen LogP contribution in [0.15, 0.2) is 34.8 Å². The average Bonchev–Trinajstić information content (AvgIpc) is 3.00. The van der Waals surface area contributed by atoms with E-state index in [-0.39, 0.29) is 46.9 Å². The van der Waals surface area contributed by atoms with E-state index >= 15 is 0 Å². The van der Waals surface area contributed by atoms with Crippen molar-refractivity contribution in [3.8, 4) is 0 Å². The molecule has 0 aromatic carbocycles.